The van der Waals surface area contributed by atoms with Gasteiger partial charge in [0.15, 0.2) is 11.5 Å². The summed E-state index contributed by atoms with van der Waals surface area (Å²) in [6.07, 6.45) is 0. The smallest absolute Gasteiger partial charge is 0.212 e. The van der Waals surface area contributed by atoms with Gasteiger partial charge in [-0.15, -0.1) is 0 Å². The lowest BCUT2D eigenvalue weighted by Gasteiger charge is -2.05. The normalized spacial score (nSPS) is 11.1. The quantitative estimate of drug-likeness (QED) is 0.417. The molecule has 0 radical (unpaired) electrons. The van der Waals surface area contributed by atoms with E-state index in [0.717, 1.165) is 37.9 Å². The number of rotatable bonds is 3. The highest BCUT2D eigenvalue weighted by Crippen LogP contribution is 2.35. The van der Waals surface area contributed by atoms with Crippen molar-refractivity contribution in [2.45, 2.75) is 0 Å². The van der Waals surface area contributed by atoms with Gasteiger partial charge in [0, 0.05) is 11.1 Å². The number of aromatic hydroxyl groups is 2. The van der Waals surface area contributed by atoms with Crippen LogP contribution in [-0.2, 0) is 0 Å². The first kappa shape index (κ1) is 16.5. The van der Waals surface area contributed by atoms with Crippen molar-refractivity contribution in [2.75, 3.05) is 0 Å². The molecule has 0 fully saturated rings. The Labute approximate surface area is 164 Å². The van der Waals surface area contributed by atoms with Gasteiger partial charge in [0.05, 0.1) is 21.6 Å². The molecule has 0 aliphatic heterocycles. The first-order chi connectivity index (χ1) is 13.7. The molecule has 2 heterocycles. The standard InChI is InChI=1S/C22H15N3O2S/c26-19-11-10-15(12-20(19)27)18-13-17(14-6-2-1-3-7-14)24-25(18)22-23-16-8-4-5-9-21(16)28-22/h1-13,26-27H. The van der Waals surface area contributed by atoms with Crippen LogP contribution >= 0.6 is 11.3 Å². The molecule has 5 rings (SSSR count). The lowest BCUT2D eigenvalue weighted by molar-refractivity contribution is 0.404. The van der Waals surface area contributed by atoms with Crippen LogP contribution in [0.5, 0.6) is 11.5 Å². The van der Waals surface area contributed by atoms with Crippen LogP contribution in [0.3, 0.4) is 0 Å². The van der Waals surface area contributed by atoms with Crippen LogP contribution in [0.4, 0.5) is 0 Å². The van der Waals surface area contributed by atoms with Crippen molar-refractivity contribution in [3.63, 3.8) is 0 Å². The minimum atomic E-state index is -0.171. The molecule has 2 aromatic heterocycles. The fourth-order valence-electron chi connectivity index (χ4n) is 3.12. The average molecular weight is 385 g/mol. The van der Waals surface area contributed by atoms with Crippen LogP contribution in [0.25, 0.3) is 37.9 Å². The Hall–Kier alpha value is -3.64. The van der Waals surface area contributed by atoms with E-state index in [1.54, 1.807) is 22.1 Å². The second-order valence-electron chi connectivity index (χ2n) is 6.36. The summed E-state index contributed by atoms with van der Waals surface area (Å²) in [7, 11) is 0. The maximum Gasteiger partial charge on any atom is 0.212 e. The number of fused-ring (bicyclic) bond motifs is 1. The highest BCUT2D eigenvalue weighted by molar-refractivity contribution is 7.20. The van der Waals surface area contributed by atoms with Gasteiger partial charge in [0.2, 0.25) is 5.13 Å². The first-order valence-corrected chi connectivity index (χ1v) is 9.54. The van der Waals surface area contributed by atoms with Crippen LogP contribution in [0.2, 0.25) is 0 Å². The van der Waals surface area contributed by atoms with E-state index in [4.69, 9.17) is 10.1 Å². The number of para-hydroxylation sites is 1. The van der Waals surface area contributed by atoms with Crippen molar-refractivity contribution in [1.82, 2.24) is 14.8 Å². The fraction of sp³-hybridized carbons (Fsp3) is 0. The number of phenolic OH excluding ortho intramolecular Hbond substituents is 2. The zero-order valence-electron chi connectivity index (χ0n) is 14.6. The SMILES string of the molecule is Oc1ccc(-c2cc(-c3ccccc3)nn2-c2nc3ccccc3s2)cc1O. The van der Waals surface area contributed by atoms with Crippen molar-refractivity contribution in [3.8, 4) is 39.1 Å². The third-order valence-corrected chi connectivity index (χ3v) is 5.53. The van der Waals surface area contributed by atoms with Gasteiger partial charge in [-0.3, -0.25) is 0 Å². The van der Waals surface area contributed by atoms with Gasteiger partial charge >= 0.3 is 0 Å². The Morgan fingerprint density at radius 1 is 0.750 bits per heavy atom. The van der Waals surface area contributed by atoms with E-state index < -0.39 is 0 Å². The van der Waals surface area contributed by atoms with Gasteiger partial charge in [-0.25, -0.2) is 9.67 Å². The number of nitrogens with zero attached hydrogens (tertiary/aromatic N) is 3. The van der Waals surface area contributed by atoms with Gasteiger partial charge in [-0.2, -0.15) is 5.10 Å². The summed E-state index contributed by atoms with van der Waals surface area (Å²) in [6.45, 7) is 0. The maximum absolute atomic E-state index is 9.97. The van der Waals surface area contributed by atoms with Crippen LogP contribution in [0.15, 0.2) is 78.9 Å². The van der Waals surface area contributed by atoms with Gasteiger partial charge in [-0.1, -0.05) is 53.8 Å². The second kappa shape index (κ2) is 6.51. The largest absolute Gasteiger partial charge is 0.504 e. The van der Waals surface area contributed by atoms with E-state index in [1.165, 1.54) is 12.1 Å². The molecule has 0 bridgehead atoms. The zero-order chi connectivity index (χ0) is 19.1. The molecule has 0 aliphatic rings. The minimum absolute atomic E-state index is 0.155. The van der Waals surface area contributed by atoms with Crippen molar-refractivity contribution in [2.24, 2.45) is 0 Å². The lowest BCUT2D eigenvalue weighted by Crippen LogP contribution is -1.98. The van der Waals surface area contributed by atoms with Crippen LogP contribution < -0.4 is 0 Å². The number of thiazole rings is 1. The predicted octanol–water partition coefficient (Wildman–Crippen LogP) is 5.23. The van der Waals surface area contributed by atoms with Gasteiger partial charge in [0.25, 0.3) is 0 Å². The van der Waals surface area contributed by atoms with Crippen molar-refractivity contribution in [3.05, 3.63) is 78.9 Å². The minimum Gasteiger partial charge on any atom is -0.504 e. The fourth-order valence-corrected chi connectivity index (χ4v) is 4.05. The molecule has 0 saturated heterocycles. The van der Waals surface area contributed by atoms with Crippen LogP contribution in [-0.4, -0.2) is 25.0 Å². The molecule has 3 aromatic carbocycles. The highest BCUT2D eigenvalue weighted by atomic mass is 32.1. The molecule has 0 aliphatic carbocycles. The molecule has 28 heavy (non-hydrogen) atoms. The Morgan fingerprint density at radius 3 is 2.32 bits per heavy atom. The Balaban J connectivity index is 1.73. The molecule has 5 aromatic rings. The van der Waals surface area contributed by atoms with Crippen LogP contribution in [0.1, 0.15) is 0 Å². The van der Waals surface area contributed by atoms with Crippen molar-refractivity contribution in [1.29, 1.82) is 0 Å². The van der Waals surface area contributed by atoms with E-state index in [2.05, 4.69) is 0 Å². The number of phenols is 2. The van der Waals surface area contributed by atoms with Crippen molar-refractivity contribution >= 4 is 21.6 Å². The summed E-state index contributed by atoms with van der Waals surface area (Å²) < 4.78 is 2.87. The predicted molar refractivity (Wildman–Crippen MR) is 111 cm³/mol. The van der Waals surface area contributed by atoms with E-state index in [1.807, 2.05) is 60.7 Å². The molecule has 5 nitrogen and oxygen atoms in total. The van der Waals surface area contributed by atoms with E-state index in [-0.39, 0.29) is 11.5 Å². The Bertz CT molecular complexity index is 1260. The summed E-state index contributed by atoms with van der Waals surface area (Å²) in [5.41, 5.74) is 4.24. The molecule has 0 atom stereocenters. The molecule has 0 unspecified atom stereocenters. The summed E-state index contributed by atoms with van der Waals surface area (Å²) in [5.74, 6) is -0.325. The second-order valence-corrected chi connectivity index (χ2v) is 7.37. The van der Waals surface area contributed by atoms with Crippen molar-refractivity contribution < 1.29 is 10.2 Å². The van der Waals surface area contributed by atoms with Crippen LogP contribution in [0, 0.1) is 0 Å². The van der Waals surface area contributed by atoms with E-state index in [0.29, 0.717) is 0 Å². The third-order valence-electron chi connectivity index (χ3n) is 4.51. The number of aromatic nitrogens is 3. The maximum atomic E-state index is 9.97. The summed E-state index contributed by atoms with van der Waals surface area (Å²) in [6, 6.07) is 24.6. The monoisotopic (exact) mass is 385 g/mol. The number of benzene rings is 3. The van der Waals surface area contributed by atoms with Gasteiger partial charge < -0.3 is 10.2 Å². The summed E-state index contributed by atoms with van der Waals surface area (Å²) >= 11 is 1.55. The van der Waals surface area contributed by atoms with E-state index in [9.17, 15) is 10.2 Å². The molecule has 0 spiro atoms. The molecule has 0 amide bonds. The molecule has 0 saturated carbocycles. The lowest BCUT2D eigenvalue weighted by atomic mass is 10.1. The summed E-state index contributed by atoms with van der Waals surface area (Å²) in [4.78, 5) is 4.72. The number of hydrogen-bond acceptors (Lipinski definition) is 5. The molecule has 2 N–H and O–H groups in total. The first-order valence-electron chi connectivity index (χ1n) is 8.73. The Kier molecular flexibility index (Phi) is 3.84. The Morgan fingerprint density at radius 2 is 1.54 bits per heavy atom. The molecule has 136 valence electrons. The average Bonchev–Trinajstić information content (AvgIpc) is 3.35. The third kappa shape index (κ3) is 2.80. The van der Waals surface area contributed by atoms with Gasteiger partial charge in [0.1, 0.15) is 0 Å². The van der Waals surface area contributed by atoms with E-state index >= 15 is 0 Å². The zero-order valence-corrected chi connectivity index (χ0v) is 15.5. The molecule has 6 heteroatoms. The number of hydrogen-bond donors (Lipinski definition) is 2. The molecular weight excluding hydrogens is 370 g/mol. The molecular formula is C22H15N3O2S. The highest BCUT2D eigenvalue weighted by Gasteiger charge is 2.17. The van der Waals surface area contributed by atoms with Gasteiger partial charge in [-0.05, 0) is 36.4 Å². The summed E-state index contributed by atoms with van der Waals surface area (Å²) in [5, 5.41) is 25.2. The topological polar surface area (TPSA) is 71.2 Å².